The summed E-state index contributed by atoms with van der Waals surface area (Å²) in [6.07, 6.45) is 2.04. The smallest absolute Gasteiger partial charge is 0.178 e. The average molecular weight is 448 g/mol. The first-order valence-corrected chi connectivity index (χ1v) is 10.8. The molecule has 3 aromatic rings. The second-order valence-corrected chi connectivity index (χ2v) is 7.07. The van der Waals surface area contributed by atoms with E-state index in [0.29, 0.717) is 6.61 Å². The third-order valence-electron chi connectivity index (χ3n) is 4.01. The SMILES string of the molecule is CC.CC.Cc1nc(-c2cn3c(n2)-c2ccc(Br)cc2OCC3)n(C(C)C)n1. The van der Waals surface area contributed by atoms with Crippen molar-refractivity contribution in [3.63, 3.8) is 0 Å². The van der Waals surface area contributed by atoms with Crippen molar-refractivity contribution in [3.05, 3.63) is 34.7 Å². The molecule has 0 aliphatic carbocycles. The summed E-state index contributed by atoms with van der Waals surface area (Å²) in [6.45, 7) is 15.5. The van der Waals surface area contributed by atoms with Crippen molar-refractivity contribution < 1.29 is 4.74 Å². The minimum absolute atomic E-state index is 0.231. The molecular formula is C21H30BrN5O. The van der Waals surface area contributed by atoms with Gasteiger partial charge in [-0.25, -0.2) is 14.6 Å². The van der Waals surface area contributed by atoms with Crippen LogP contribution in [0.2, 0.25) is 0 Å². The zero-order valence-electron chi connectivity index (χ0n) is 17.8. The molecule has 2 aromatic heterocycles. The van der Waals surface area contributed by atoms with Crippen LogP contribution in [0.1, 0.15) is 53.4 Å². The number of fused-ring (bicyclic) bond motifs is 3. The Morgan fingerprint density at radius 3 is 2.46 bits per heavy atom. The van der Waals surface area contributed by atoms with Crippen molar-refractivity contribution in [1.29, 1.82) is 0 Å². The van der Waals surface area contributed by atoms with Crippen LogP contribution in [-0.2, 0) is 6.54 Å². The Morgan fingerprint density at radius 2 is 1.79 bits per heavy atom. The Kier molecular flexibility index (Phi) is 7.80. The number of hydrogen-bond donors (Lipinski definition) is 0. The van der Waals surface area contributed by atoms with E-state index in [9.17, 15) is 0 Å². The van der Waals surface area contributed by atoms with Gasteiger partial charge in [0.05, 0.1) is 12.1 Å². The van der Waals surface area contributed by atoms with Crippen molar-refractivity contribution in [2.45, 2.75) is 61.1 Å². The largest absolute Gasteiger partial charge is 0.491 e. The summed E-state index contributed by atoms with van der Waals surface area (Å²) in [7, 11) is 0. The number of imidazole rings is 1. The maximum atomic E-state index is 5.86. The van der Waals surface area contributed by atoms with Crippen molar-refractivity contribution in [3.8, 4) is 28.7 Å². The number of benzene rings is 1. The minimum Gasteiger partial charge on any atom is -0.491 e. The van der Waals surface area contributed by atoms with Crippen LogP contribution in [0, 0.1) is 6.92 Å². The zero-order chi connectivity index (χ0) is 20.8. The molecule has 4 rings (SSSR count). The van der Waals surface area contributed by atoms with Gasteiger partial charge in [-0.3, -0.25) is 0 Å². The minimum atomic E-state index is 0.231. The maximum absolute atomic E-state index is 5.86. The Labute approximate surface area is 176 Å². The van der Waals surface area contributed by atoms with Gasteiger partial charge in [-0.1, -0.05) is 43.6 Å². The van der Waals surface area contributed by atoms with Gasteiger partial charge in [-0.05, 0) is 39.0 Å². The molecule has 3 heterocycles. The summed E-state index contributed by atoms with van der Waals surface area (Å²) in [6, 6.07) is 6.26. The van der Waals surface area contributed by atoms with Gasteiger partial charge in [0.2, 0.25) is 0 Å². The van der Waals surface area contributed by atoms with E-state index in [2.05, 4.69) is 44.4 Å². The van der Waals surface area contributed by atoms with Crippen LogP contribution in [0.5, 0.6) is 5.75 Å². The molecule has 0 atom stereocenters. The lowest BCUT2D eigenvalue weighted by Gasteiger charge is -2.08. The van der Waals surface area contributed by atoms with Crippen molar-refractivity contribution in [2.75, 3.05) is 6.61 Å². The molecule has 0 unspecified atom stereocenters. The molecule has 1 aliphatic heterocycles. The van der Waals surface area contributed by atoms with E-state index < -0.39 is 0 Å². The summed E-state index contributed by atoms with van der Waals surface area (Å²) in [5, 5.41) is 4.49. The highest BCUT2D eigenvalue weighted by Crippen LogP contribution is 2.35. The molecule has 0 amide bonds. The molecular weight excluding hydrogens is 418 g/mol. The maximum Gasteiger partial charge on any atom is 0.178 e. The van der Waals surface area contributed by atoms with E-state index in [-0.39, 0.29) is 6.04 Å². The van der Waals surface area contributed by atoms with E-state index in [0.717, 1.165) is 45.5 Å². The molecule has 6 nitrogen and oxygen atoms in total. The molecule has 0 fully saturated rings. The van der Waals surface area contributed by atoms with Gasteiger partial charge in [-0.15, -0.1) is 0 Å². The number of hydrogen-bond acceptors (Lipinski definition) is 4. The molecule has 0 spiro atoms. The van der Waals surface area contributed by atoms with E-state index in [4.69, 9.17) is 9.72 Å². The molecule has 152 valence electrons. The Morgan fingerprint density at radius 1 is 1.07 bits per heavy atom. The molecule has 0 bridgehead atoms. The summed E-state index contributed by atoms with van der Waals surface area (Å²) in [4.78, 5) is 9.43. The molecule has 0 N–H and O–H groups in total. The van der Waals surface area contributed by atoms with Crippen LogP contribution in [0.3, 0.4) is 0 Å². The fourth-order valence-electron chi connectivity index (χ4n) is 2.93. The van der Waals surface area contributed by atoms with Gasteiger partial charge < -0.3 is 9.30 Å². The first kappa shape index (κ1) is 22.1. The highest BCUT2D eigenvalue weighted by atomic mass is 79.9. The number of aromatic nitrogens is 5. The topological polar surface area (TPSA) is 57.8 Å². The van der Waals surface area contributed by atoms with E-state index in [1.807, 2.05) is 63.7 Å². The highest BCUT2D eigenvalue weighted by molar-refractivity contribution is 9.10. The number of halogens is 1. The first-order valence-electron chi connectivity index (χ1n) is 9.96. The second kappa shape index (κ2) is 9.87. The number of nitrogens with zero attached hydrogens (tertiary/aromatic N) is 5. The van der Waals surface area contributed by atoms with E-state index >= 15 is 0 Å². The van der Waals surface area contributed by atoms with E-state index in [1.165, 1.54) is 0 Å². The predicted molar refractivity (Wildman–Crippen MR) is 118 cm³/mol. The lowest BCUT2D eigenvalue weighted by molar-refractivity contribution is 0.306. The van der Waals surface area contributed by atoms with Gasteiger partial charge in [-0.2, -0.15) is 5.10 Å². The number of ether oxygens (including phenoxy) is 1. The molecule has 1 aliphatic rings. The monoisotopic (exact) mass is 447 g/mol. The fourth-order valence-corrected chi connectivity index (χ4v) is 3.27. The van der Waals surface area contributed by atoms with E-state index in [1.54, 1.807) is 0 Å². The molecule has 0 saturated carbocycles. The van der Waals surface area contributed by atoms with Gasteiger partial charge >= 0.3 is 0 Å². The summed E-state index contributed by atoms with van der Waals surface area (Å²) in [5.41, 5.74) is 1.84. The second-order valence-electron chi connectivity index (χ2n) is 6.15. The van der Waals surface area contributed by atoms with Crippen LogP contribution >= 0.6 is 15.9 Å². The highest BCUT2D eigenvalue weighted by Gasteiger charge is 2.22. The first-order chi connectivity index (χ1) is 13.5. The van der Waals surface area contributed by atoms with Crippen LogP contribution in [-0.4, -0.2) is 30.9 Å². The van der Waals surface area contributed by atoms with Crippen molar-refractivity contribution in [1.82, 2.24) is 24.3 Å². The molecule has 0 radical (unpaired) electrons. The van der Waals surface area contributed by atoms with Gasteiger partial charge in [0, 0.05) is 16.7 Å². The van der Waals surface area contributed by atoms with Crippen LogP contribution < -0.4 is 4.74 Å². The predicted octanol–water partition coefficient (Wildman–Crippen LogP) is 5.91. The third kappa shape index (κ3) is 4.46. The van der Waals surface area contributed by atoms with Crippen LogP contribution in [0.15, 0.2) is 28.9 Å². The molecule has 7 heteroatoms. The van der Waals surface area contributed by atoms with Crippen LogP contribution in [0.4, 0.5) is 0 Å². The summed E-state index contributed by atoms with van der Waals surface area (Å²) in [5.74, 6) is 3.32. The Bertz CT molecular complexity index is 914. The van der Waals surface area contributed by atoms with Crippen LogP contribution in [0.25, 0.3) is 22.9 Å². The lowest BCUT2D eigenvalue weighted by Crippen LogP contribution is -2.06. The van der Waals surface area contributed by atoms with Gasteiger partial charge in [0.25, 0.3) is 0 Å². The van der Waals surface area contributed by atoms with Crippen molar-refractivity contribution in [2.24, 2.45) is 0 Å². The Balaban J connectivity index is 0.000000660. The standard InChI is InChI=1S/C17H18BrN5O.2C2H6/c1-10(2)23-17(19-11(3)21-23)14-9-22-6-7-24-15-8-12(18)4-5-13(15)16(22)20-14;2*1-2/h4-5,8-10H,6-7H2,1-3H3;2*1-2H3. The Hall–Kier alpha value is -2.15. The van der Waals surface area contributed by atoms with Gasteiger partial charge in [0.1, 0.15) is 29.7 Å². The number of aryl methyl sites for hydroxylation is 1. The third-order valence-corrected chi connectivity index (χ3v) is 4.50. The summed E-state index contributed by atoms with van der Waals surface area (Å²) >= 11 is 3.50. The normalized spacial score (nSPS) is 11.9. The fraction of sp³-hybridized carbons (Fsp3) is 0.476. The molecule has 28 heavy (non-hydrogen) atoms. The number of rotatable bonds is 2. The average Bonchev–Trinajstić information content (AvgIpc) is 3.25. The molecule has 0 saturated heterocycles. The zero-order valence-corrected chi connectivity index (χ0v) is 19.4. The molecule has 1 aromatic carbocycles. The summed E-state index contributed by atoms with van der Waals surface area (Å²) < 4.78 is 10.9. The lowest BCUT2D eigenvalue weighted by atomic mass is 10.2. The van der Waals surface area contributed by atoms with Crippen molar-refractivity contribution >= 4 is 15.9 Å². The van der Waals surface area contributed by atoms with Gasteiger partial charge in [0.15, 0.2) is 5.82 Å². The quantitative estimate of drug-likeness (QED) is 0.490.